The number of hydrogen-bond donors (Lipinski definition) is 0. The molecule has 0 amide bonds. The van der Waals surface area contributed by atoms with Crippen molar-refractivity contribution in [2.24, 2.45) is 10.8 Å². The van der Waals surface area contributed by atoms with Crippen molar-refractivity contribution in [2.75, 3.05) is 13.2 Å². The molecule has 0 N–H and O–H groups in total. The molecule has 1 heterocycles. The van der Waals surface area contributed by atoms with Crippen LogP contribution in [0.4, 0.5) is 0 Å². The Balaban J connectivity index is 2.50. The third-order valence-electron chi connectivity index (χ3n) is 3.04. The van der Waals surface area contributed by atoms with Crippen LogP contribution in [0.5, 0.6) is 0 Å². The second kappa shape index (κ2) is 4.31. The van der Waals surface area contributed by atoms with Crippen LogP contribution in [0.25, 0.3) is 0 Å². The Labute approximate surface area is 87.3 Å². The molecule has 0 unspecified atom stereocenters. The van der Waals surface area contributed by atoms with Gasteiger partial charge >= 0.3 is 0 Å². The molecule has 14 heavy (non-hydrogen) atoms. The minimum Gasteiger partial charge on any atom is -0.381 e. The highest BCUT2D eigenvalue weighted by Gasteiger charge is 2.33. The molecule has 1 fully saturated rings. The summed E-state index contributed by atoms with van der Waals surface area (Å²) in [5.41, 5.74) is 0.244. The maximum absolute atomic E-state index is 9.23. The van der Waals surface area contributed by atoms with E-state index in [4.69, 9.17) is 4.74 Å². The lowest BCUT2D eigenvalue weighted by atomic mass is 9.74. The molecule has 0 atom stereocenters. The Hall–Kier alpha value is -0.550. The number of rotatable bonds is 2. The fraction of sp³-hybridized carbons (Fsp3) is 0.917. The summed E-state index contributed by atoms with van der Waals surface area (Å²) in [6, 6.07) is 2.51. The highest BCUT2D eigenvalue weighted by Crippen LogP contribution is 2.37. The summed E-state index contributed by atoms with van der Waals surface area (Å²) >= 11 is 0. The summed E-state index contributed by atoms with van der Waals surface area (Å²) < 4.78 is 5.31. The lowest BCUT2D eigenvalue weighted by Crippen LogP contribution is -2.29. The fourth-order valence-corrected chi connectivity index (χ4v) is 1.79. The first-order valence-electron chi connectivity index (χ1n) is 5.47. The van der Waals surface area contributed by atoms with E-state index in [0.29, 0.717) is 5.41 Å². The minimum absolute atomic E-state index is 0.0917. The lowest BCUT2D eigenvalue weighted by molar-refractivity contribution is 0.0323. The number of nitrogens with zero attached hydrogens (tertiary/aromatic N) is 1. The van der Waals surface area contributed by atoms with E-state index >= 15 is 0 Å². The molecule has 0 bridgehead atoms. The molecule has 0 saturated carbocycles. The topological polar surface area (TPSA) is 33.0 Å². The predicted molar refractivity (Wildman–Crippen MR) is 56.8 cm³/mol. The normalized spacial score (nSPS) is 21.6. The van der Waals surface area contributed by atoms with E-state index in [1.165, 1.54) is 0 Å². The molecule has 1 saturated heterocycles. The quantitative estimate of drug-likeness (QED) is 0.678. The van der Waals surface area contributed by atoms with Crippen molar-refractivity contribution in [3.63, 3.8) is 0 Å². The molecule has 0 aromatic rings. The first-order chi connectivity index (χ1) is 6.47. The maximum atomic E-state index is 9.23. The second-order valence-electron chi connectivity index (χ2n) is 5.57. The van der Waals surface area contributed by atoms with Crippen LogP contribution < -0.4 is 0 Å². The summed E-state index contributed by atoms with van der Waals surface area (Å²) in [4.78, 5) is 0. The zero-order valence-corrected chi connectivity index (χ0v) is 9.60. The van der Waals surface area contributed by atoms with Crippen molar-refractivity contribution >= 4 is 0 Å². The van der Waals surface area contributed by atoms with E-state index in [-0.39, 0.29) is 5.41 Å². The van der Waals surface area contributed by atoms with Crippen LogP contribution in [-0.2, 0) is 4.74 Å². The highest BCUT2D eigenvalue weighted by atomic mass is 16.5. The third kappa shape index (κ3) is 3.31. The molecule has 1 aliphatic rings. The van der Waals surface area contributed by atoms with E-state index < -0.39 is 0 Å². The summed E-state index contributed by atoms with van der Waals surface area (Å²) in [7, 11) is 0. The molecule has 1 rings (SSSR count). The van der Waals surface area contributed by atoms with Crippen molar-refractivity contribution in [1.29, 1.82) is 5.26 Å². The fourth-order valence-electron chi connectivity index (χ4n) is 1.79. The first kappa shape index (κ1) is 11.5. The van der Waals surface area contributed by atoms with E-state index in [2.05, 4.69) is 26.8 Å². The lowest BCUT2D eigenvalue weighted by Gasteiger charge is -2.33. The van der Waals surface area contributed by atoms with Crippen LogP contribution in [0.3, 0.4) is 0 Å². The maximum Gasteiger partial charge on any atom is 0.0691 e. The van der Waals surface area contributed by atoms with Crippen LogP contribution in [0, 0.1) is 22.2 Å². The second-order valence-corrected chi connectivity index (χ2v) is 5.57. The van der Waals surface area contributed by atoms with Gasteiger partial charge in [-0.2, -0.15) is 5.26 Å². The van der Waals surface area contributed by atoms with Gasteiger partial charge in [-0.25, -0.2) is 0 Å². The molecule has 1 aliphatic heterocycles. The molecule has 0 aromatic carbocycles. The predicted octanol–water partition coefficient (Wildman–Crippen LogP) is 3.13. The van der Waals surface area contributed by atoms with Crippen LogP contribution in [0.1, 0.15) is 46.5 Å². The molecular weight excluding hydrogens is 174 g/mol. The molecule has 2 nitrogen and oxygen atoms in total. The standard InChI is InChI=1S/C12H21NO/c1-11(2,3)4-5-12(10-13)6-8-14-9-7-12/h4-9H2,1-3H3. The summed E-state index contributed by atoms with van der Waals surface area (Å²) in [5.74, 6) is 0. The van der Waals surface area contributed by atoms with Crippen LogP contribution in [-0.4, -0.2) is 13.2 Å². The van der Waals surface area contributed by atoms with Crippen LogP contribution in [0.15, 0.2) is 0 Å². The van der Waals surface area contributed by atoms with Gasteiger partial charge in [0.15, 0.2) is 0 Å². The average Bonchev–Trinajstić information content (AvgIpc) is 2.15. The molecule has 0 spiro atoms. The number of ether oxygens (including phenoxy) is 1. The third-order valence-corrected chi connectivity index (χ3v) is 3.04. The molecule has 0 aliphatic carbocycles. The van der Waals surface area contributed by atoms with Gasteiger partial charge in [-0.1, -0.05) is 20.8 Å². The molecule has 0 radical (unpaired) electrons. The monoisotopic (exact) mass is 195 g/mol. The Morgan fingerprint density at radius 1 is 1.29 bits per heavy atom. The van der Waals surface area contributed by atoms with Crippen LogP contribution >= 0.6 is 0 Å². The van der Waals surface area contributed by atoms with Gasteiger partial charge in [0.2, 0.25) is 0 Å². The molecule has 2 heteroatoms. The van der Waals surface area contributed by atoms with Gasteiger partial charge in [0.05, 0.1) is 11.5 Å². The summed E-state index contributed by atoms with van der Waals surface area (Å²) in [6.45, 7) is 8.22. The van der Waals surface area contributed by atoms with Gasteiger partial charge in [-0.3, -0.25) is 0 Å². The molecule has 0 aromatic heterocycles. The Kier molecular flexibility index (Phi) is 3.55. The molecular formula is C12H21NO. The average molecular weight is 195 g/mol. The van der Waals surface area contributed by atoms with E-state index in [1.54, 1.807) is 0 Å². The van der Waals surface area contributed by atoms with Crippen molar-refractivity contribution < 1.29 is 4.74 Å². The van der Waals surface area contributed by atoms with Gasteiger partial charge in [-0.05, 0) is 31.1 Å². The van der Waals surface area contributed by atoms with E-state index in [1.807, 2.05) is 0 Å². The van der Waals surface area contributed by atoms with Crippen LogP contribution in [0.2, 0.25) is 0 Å². The number of nitriles is 1. The summed E-state index contributed by atoms with van der Waals surface area (Å²) in [6.07, 6.45) is 3.98. The Morgan fingerprint density at radius 2 is 1.86 bits per heavy atom. The van der Waals surface area contributed by atoms with Gasteiger partial charge in [0.1, 0.15) is 0 Å². The van der Waals surface area contributed by atoms with Gasteiger partial charge in [-0.15, -0.1) is 0 Å². The molecule has 80 valence electrons. The largest absolute Gasteiger partial charge is 0.381 e. The van der Waals surface area contributed by atoms with Crippen molar-refractivity contribution in [3.05, 3.63) is 0 Å². The smallest absolute Gasteiger partial charge is 0.0691 e. The Bertz CT molecular complexity index is 215. The Morgan fingerprint density at radius 3 is 2.29 bits per heavy atom. The van der Waals surface area contributed by atoms with E-state index in [0.717, 1.165) is 38.9 Å². The summed E-state index contributed by atoms with van der Waals surface area (Å²) in [5, 5.41) is 9.23. The van der Waals surface area contributed by atoms with Gasteiger partial charge < -0.3 is 4.74 Å². The van der Waals surface area contributed by atoms with Crippen molar-refractivity contribution in [2.45, 2.75) is 46.5 Å². The van der Waals surface area contributed by atoms with Gasteiger partial charge in [0.25, 0.3) is 0 Å². The van der Waals surface area contributed by atoms with Crippen molar-refractivity contribution in [3.8, 4) is 6.07 Å². The van der Waals surface area contributed by atoms with Gasteiger partial charge in [0, 0.05) is 13.2 Å². The van der Waals surface area contributed by atoms with Crippen molar-refractivity contribution in [1.82, 2.24) is 0 Å². The SMILES string of the molecule is CC(C)(C)CCC1(C#N)CCOCC1. The zero-order chi connectivity index (χ0) is 10.7. The zero-order valence-electron chi connectivity index (χ0n) is 9.60. The van der Waals surface area contributed by atoms with E-state index in [9.17, 15) is 5.26 Å². The first-order valence-corrected chi connectivity index (χ1v) is 5.47. The minimum atomic E-state index is -0.0917. The number of hydrogen-bond acceptors (Lipinski definition) is 2. The highest BCUT2D eigenvalue weighted by molar-refractivity contribution is 5.00.